The summed E-state index contributed by atoms with van der Waals surface area (Å²) in [5.74, 6) is -0.0657. The van der Waals surface area contributed by atoms with Gasteiger partial charge < -0.3 is 4.74 Å². The lowest BCUT2D eigenvalue weighted by molar-refractivity contribution is -0.105. The molecule has 0 saturated carbocycles. The van der Waals surface area contributed by atoms with Crippen molar-refractivity contribution in [3.05, 3.63) is 71.0 Å². The Labute approximate surface area is 120 Å². The number of carbonyl (C=O) groups is 1. The molecule has 2 aromatic rings. The van der Waals surface area contributed by atoms with Crippen LogP contribution in [0, 0.1) is 5.82 Å². The van der Waals surface area contributed by atoms with E-state index in [4.69, 9.17) is 16.3 Å². The fourth-order valence-corrected chi connectivity index (χ4v) is 2.52. The number of aldehydes is 1. The van der Waals surface area contributed by atoms with Crippen LogP contribution in [0.5, 0.6) is 5.75 Å². The fourth-order valence-electron chi connectivity index (χ4n) is 2.23. The number of fused-ring (bicyclic) bond motifs is 1. The van der Waals surface area contributed by atoms with Gasteiger partial charge >= 0.3 is 0 Å². The normalized spacial score (nSPS) is 17.4. The van der Waals surface area contributed by atoms with E-state index in [1.54, 1.807) is 0 Å². The van der Waals surface area contributed by atoms with Gasteiger partial charge in [0.2, 0.25) is 0 Å². The quantitative estimate of drug-likeness (QED) is 0.778. The van der Waals surface area contributed by atoms with Crippen LogP contribution in [0.3, 0.4) is 0 Å². The van der Waals surface area contributed by atoms with Crippen LogP contribution in [0.2, 0.25) is 0 Å². The van der Waals surface area contributed by atoms with Gasteiger partial charge in [0.05, 0.1) is 10.6 Å². The first-order chi connectivity index (χ1) is 9.70. The van der Waals surface area contributed by atoms with E-state index >= 15 is 0 Å². The molecule has 0 radical (unpaired) electrons. The Morgan fingerprint density at radius 1 is 1.15 bits per heavy atom. The third-order valence-electron chi connectivity index (χ3n) is 3.19. The summed E-state index contributed by atoms with van der Waals surface area (Å²) in [5, 5.41) is 0.301. The first kappa shape index (κ1) is 12.9. The summed E-state index contributed by atoms with van der Waals surface area (Å²) in [7, 11) is 0. The summed E-state index contributed by atoms with van der Waals surface area (Å²) < 4.78 is 19.1. The Morgan fingerprint density at radius 3 is 2.60 bits per heavy atom. The minimum atomic E-state index is -0.615. The number of halogens is 2. The number of hydrogen-bond acceptors (Lipinski definition) is 2. The number of ether oxygens (including phenoxy) is 1. The van der Waals surface area contributed by atoms with Crippen molar-refractivity contribution in [1.82, 2.24) is 0 Å². The molecule has 1 aliphatic rings. The van der Waals surface area contributed by atoms with E-state index in [1.807, 2.05) is 30.3 Å². The molecule has 4 heteroatoms. The van der Waals surface area contributed by atoms with Crippen LogP contribution in [0.4, 0.5) is 4.39 Å². The lowest BCUT2D eigenvalue weighted by atomic mass is 9.97. The maximum Gasteiger partial charge on any atom is 0.153 e. The minimum absolute atomic E-state index is 0.301. The van der Waals surface area contributed by atoms with Crippen LogP contribution < -0.4 is 4.74 Å². The lowest BCUT2D eigenvalue weighted by Gasteiger charge is -2.27. The Hall–Kier alpha value is -2.13. The van der Waals surface area contributed by atoms with Crippen LogP contribution in [-0.4, -0.2) is 6.29 Å². The molecule has 0 aromatic heterocycles. The van der Waals surface area contributed by atoms with Gasteiger partial charge in [0.25, 0.3) is 0 Å². The van der Waals surface area contributed by atoms with Crippen LogP contribution in [0.1, 0.15) is 17.2 Å². The molecule has 0 amide bonds. The molecule has 0 fully saturated rings. The van der Waals surface area contributed by atoms with E-state index in [1.165, 1.54) is 18.2 Å². The predicted molar refractivity (Wildman–Crippen MR) is 75.0 cm³/mol. The van der Waals surface area contributed by atoms with Gasteiger partial charge in [-0.2, -0.15) is 0 Å². The van der Waals surface area contributed by atoms with Crippen LogP contribution >= 0.6 is 11.6 Å². The zero-order chi connectivity index (χ0) is 14.1. The van der Waals surface area contributed by atoms with Crippen molar-refractivity contribution in [1.29, 1.82) is 0 Å². The maximum absolute atomic E-state index is 13.3. The summed E-state index contributed by atoms with van der Waals surface area (Å²) >= 11 is 6.26. The summed E-state index contributed by atoms with van der Waals surface area (Å²) in [4.78, 5) is 11.3. The predicted octanol–water partition coefficient (Wildman–Crippen LogP) is 4.11. The number of rotatable bonds is 2. The van der Waals surface area contributed by atoms with Crippen LogP contribution in [0.25, 0.3) is 5.03 Å². The average Bonchev–Trinajstić information content (AvgIpc) is 2.47. The first-order valence-corrected chi connectivity index (χ1v) is 6.45. The summed E-state index contributed by atoms with van der Waals surface area (Å²) in [6.45, 7) is 0. The van der Waals surface area contributed by atoms with E-state index < -0.39 is 11.9 Å². The maximum atomic E-state index is 13.3. The SMILES string of the molecule is O=CC1=C(Cl)c2ccc(F)cc2OC1c1ccccc1. The molecule has 1 aliphatic heterocycles. The van der Waals surface area contributed by atoms with E-state index in [2.05, 4.69) is 0 Å². The van der Waals surface area contributed by atoms with E-state index in [-0.39, 0.29) is 0 Å². The Bertz CT molecular complexity index is 695. The molecule has 0 spiro atoms. The van der Waals surface area contributed by atoms with Crippen molar-refractivity contribution < 1.29 is 13.9 Å². The second-order valence-electron chi connectivity index (χ2n) is 4.44. The zero-order valence-corrected chi connectivity index (χ0v) is 11.1. The van der Waals surface area contributed by atoms with Crippen molar-refractivity contribution in [2.24, 2.45) is 0 Å². The van der Waals surface area contributed by atoms with Gasteiger partial charge in [0.15, 0.2) is 12.4 Å². The molecule has 2 aromatic carbocycles. The molecule has 0 N–H and O–H groups in total. The van der Waals surface area contributed by atoms with Gasteiger partial charge in [0.1, 0.15) is 11.6 Å². The molecular weight excluding hydrogens is 279 g/mol. The number of hydrogen-bond donors (Lipinski definition) is 0. The number of carbonyl (C=O) groups excluding carboxylic acids is 1. The molecule has 20 heavy (non-hydrogen) atoms. The van der Waals surface area contributed by atoms with Gasteiger partial charge in [-0.05, 0) is 17.7 Å². The second kappa shape index (κ2) is 5.10. The molecule has 0 bridgehead atoms. The Balaban J connectivity index is 2.16. The van der Waals surface area contributed by atoms with E-state index in [0.717, 1.165) is 5.56 Å². The average molecular weight is 289 g/mol. The highest BCUT2D eigenvalue weighted by Gasteiger charge is 2.29. The molecule has 0 saturated heterocycles. The summed E-state index contributed by atoms with van der Waals surface area (Å²) in [5.41, 5.74) is 1.67. The molecule has 1 atom stereocenters. The Kier molecular flexibility index (Phi) is 3.28. The molecular formula is C16H10ClFO2. The van der Waals surface area contributed by atoms with Gasteiger partial charge in [-0.25, -0.2) is 4.39 Å². The zero-order valence-electron chi connectivity index (χ0n) is 10.3. The monoisotopic (exact) mass is 288 g/mol. The van der Waals surface area contributed by atoms with E-state index in [9.17, 15) is 9.18 Å². The lowest BCUT2D eigenvalue weighted by Crippen LogP contribution is -2.17. The van der Waals surface area contributed by atoms with Crippen molar-refractivity contribution >= 4 is 22.9 Å². The molecule has 1 unspecified atom stereocenters. The van der Waals surface area contributed by atoms with Crippen LogP contribution in [0.15, 0.2) is 54.1 Å². The molecule has 3 rings (SSSR count). The van der Waals surface area contributed by atoms with Gasteiger partial charge in [0, 0.05) is 11.6 Å². The van der Waals surface area contributed by atoms with Crippen molar-refractivity contribution in [2.45, 2.75) is 6.10 Å². The third kappa shape index (κ3) is 2.10. The molecule has 2 nitrogen and oxygen atoms in total. The van der Waals surface area contributed by atoms with Crippen LogP contribution in [-0.2, 0) is 4.79 Å². The highest BCUT2D eigenvalue weighted by atomic mass is 35.5. The number of benzene rings is 2. The fraction of sp³-hybridized carbons (Fsp3) is 0.0625. The first-order valence-electron chi connectivity index (χ1n) is 6.07. The van der Waals surface area contributed by atoms with Crippen molar-refractivity contribution in [2.75, 3.05) is 0 Å². The highest BCUT2D eigenvalue weighted by Crippen LogP contribution is 2.43. The van der Waals surface area contributed by atoms with Crippen molar-refractivity contribution in [3.8, 4) is 5.75 Å². The molecule has 0 aliphatic carbocycles. The van der Waals surface area contributed by atoms with E-state index in [0.29, 0.717) is 28.2 Å². The highest BCUT2D eigenvalue weighted by molar-refractivity contribution is 6.51. The smallest absolute Gasteiger partial charge is 0.153 e. The molecule has 100 valence electrons. The summed E-state index contributed by atoms with van der Waals surface area (Å²) in [6, 6.07) is 13.3. The van der Waals surface area contributed by atoms with Gasteiger partial charge in [-0.3, -0.25) is 4.79 Å². The standard InChI is InChI=1S/C16H10ClFO2/c17-15-12-7-6-11(18)8-14(12)20-16(13(15)9-19)10-4-2-1-3-5-10/h1-9,16H. The third-order valence-corrected chi connectivity index (χ3v) is 3.61. The largest absolute Gasteiger partial charge is 0.480 e. The topological polar surface area (TPSA) is 26.3 Å². The van der Waals surface area contributed by atoms with Gasteiger partial charge in [-0.15, -0.1) is 0 Å². The molecule has 1 heterocycles. The second-order valence-corrected chi connectivity index (χ2v) is 4.81. The van der Waals surface area contributed by atoms with Crippen molar-refractivity contribution in [3.63, 3.8) is 0 Å². The van der Waals surface area contributed by atoms with Gasteiger partial charge in [-0.1, -0.05) is 41.9 Å². The summed E-state index contributed by atoms with van der Waals surface area (Å²) in [6.07, 6.45) is 0.0715. The Morgan fingerprint density at radius 2 is 1.90 bits per heavy atom. The minimum Gasteiger partial charge on any atom is -0.480 e.